The third kappa shape index (κ3) is 5.08. The molecular weight excluding hydrogens is 498 g/mol. The Morgan fingerprint density at radius 1 is 1.09 bits per heavy atom. The Morgan fingerprint density at radius 2 is 1.79 bits per heavy atom. The summed E-state index contributed by atoms with van der Waals surface area (Å²) in [4.78, 5) is 30.5. The van der Waals surface area contributed by atoms with Crippen molar-refractivity contribution in [3.8, 4) is 0 Å². The van der Waals surface area contributed by atoms with Gasteiger partial charge in [0.1, 0.15) is 12.8 Å². The number of fused-ring (bicyclic) bond motifs is 3. The predicted molar refractivity (Wildman–Crippen MR) is 123 cm³/mol. The summed E-state index contributed by atoms with van der Waals surface area (Å²) in [7, 11) is 0. The number of quaternary nitrogens is 1. The number of aromatic nitrogens is 1. The summed E-state index contributed by atoms with van der Waals surface area (Å²) in [6.07, 6.45) is 11.0. The van der Waals surface area contributed by atoms with Crippen molar-refractivity contribution in [3.05, 3.63) is 48.4 Å². The van der Waals surface area contributed by atoms with Gasteiger partial charge in [-0.15, -0.1) is 0 Å². The number of esters is 1. The first kappa shape index (κ1) is 24.9. The van der Waals surface area contributed by atoms with E-state index in [1.165, 1.54) is 25.3 Å². The van der Waals surface area contributed by atoms with Gasteiger partial charge < -0.3 is 30.6 Å². The second-order valence-corrected chi connectivity index (χ2v) is 10.2. The molecule has 8 heteroatoms. The zero-order valence-corrected chi connectivity index (χ0v) is 21.2. The topological polar surface area (TPSA) is 81.4 Å². The van der Waals surface area contributed by atoms with Gasteiger partial charge in [-0.2, -0.15) is 0 Å². The van der Waals surface area contributed by atoms with Gasteiger partial charge in [-0.05, 0) is 18.4 Å². The summed E-state index contributed by atoms with van der Waals surface area (Å²) >= 11 is 0. The van der Waals surface area contributed by atoms with Crippen LogP contribution < -0.4 is 22.3 Å². The number of halogens is 1. The van der Waals surface area contributed by atoms with E-state index in [4.69, 9.17) is 9.15 Å². The van der Waals surface area contributed by atoms with E-state index in [1.54, 1.807) is 0 Å². The van der Waals surface area contributed by atoms with Crippen LogP contribution in [0.4, 0.5) is 6.01 Å². The van der Waals surface area contributed by atoms with Crippen molar-refractivity contribution >= 4 is 17.9 Å². The molecule has 2 bridgehead atoms. The number of ether oxygens (including phenoxy) is 1. The summed E-state index contributed by atoms with van der Waals surface area (Å²) in [6.45, 7) is 2.95. The summed E-state index contributed by atoms with van der Waals surface area (Å²) in [5.41, 5.74) is 0.545. The Hall–Kier alpha value is -2.19. The predicted octanol–water partition coefficient (Wildman–Crippen LogP) is 1.06. The number of carbonyl (C=O) groups excluding carboxylic acids is 2. The Labute approximate surface area is 211 Å². The average Bonchev–Trinajstić information content (AvgIpc) is 3.20. The second kappa shape index (κ2) is 10.6. The molecule has 0 radical (unpaired) electrons. The fourth-order valence-electron chi connectivity index (χ4n) is 6.28. The Morgan fingerprint density at radius 3 is 2.44 bits per heavy atom. The molecule has 4 fully saturated rings. The van der Waals surface area contributed by atoms with Crippen LogP contribution in [-0.2, 0) is 19.7 Å². The van der Waals surface area contributed by atoms with Crippen LogP contribution >= 0.6 is 0 Å². The first-order chi connectivity index (χ1) is 16.1. The second-order valence-electron chi connectivity index (χ2n) is 10.2. The van der Waals surface area contributed by atoms with E-state index in [0.717, 1.165) is 57.2 Å². The lowest BCUT2D eigenvalue weighted by molar-refractivity contribution is -0.939. The van der Waals surface area contributed by atoms with E-state index in [1.807, 2.05) is 18.2 Å². The van der Waals surface area contributed by atoms with Crippen molar-refractivity contribution in [3.63, 3.8) is 0 Å². The maximum absolute atomic E-state index is 13.8. The molecule has 34 heavy (non-hydrogen) atoms. The fourth-order valence-corrected chi connectivity index (χ4v) is 6.28. The molecule has 4 aliphatic rings. The van der Waals surface area contributed by atoms with Gasteiger partial charge in [0.2, 0.25) is 0 Å². The fraction of sp³-hybridized carbons (Fsp3) is 0.577. The smallest absolute Gasteiger partial charge is 0.317 e. The lowest BCUT2D eigenvalue weighted by atomic mass is 9.74. The quantitative estimate of drug-likeness (QED) is 0.342. The molecule has 1 aromatic carbocycles. The number of rotatable bonds is 6. The lowest BCUT2D eigenvalue weighted by Crippen LogP contribution is -3.00. The Bertz CT molecular complexity index is 950. The maximum atomic E-state index is 13.8. The molecule has 1 atom stereocenters. The van der Waals surface area contributed by atoms with Crippen molar-refractivity contribution < 1.29 is 40.2 Å². The highest BCUT2D eigenvalue weighted by molar-refractivity contribution is 5.89. The van der Waals surface area contributed by atoms with E-state index >= 15 is 0 Å². The van der Waals surface area contributed by atoms with Gasteiger partial charge in [0, 0.05) is 18.8 Å². The van der Waals surface area contributed by atoms with Crippen LogP contribution in [0.15, 0.2) is 47.2 Å². The monoisotopic (exact) mass is 531 g/mol. The van der Waals surface area contributed by atoms with E-state index in [0.29, 0.717) is 23.5 Å². The SMILES string of the molecule is O=C(C[N+]12CCC(CC1)C(OC(=O)C1(c3ccccc3)CCCCCC1)C2)Nc1ncco1.[Br-]. The molecule has 1 N–H and O–H groups in total. The largest absolute Gasteiger partial charge is 1.00 e. The lowest BCUT2D eigenvalue weighted by Gasteiger charge is -2.52. The normalized spacial score (nSPS) is 27.8. The van der Waals surface area contributed by atoms with Crippen LogP contribution in [0.3, 0.4) is 0 Å². The van der Waals surface area contributed by atoms with Gasteiger partial charge in [0.25, 0.3) is 5.91 Å². The van der Waals surface area contributed by atoms with Crippen LogP contribution in [0.1, 0.15) is 56.9 Å². The Kier molecular flexibility index (Phi) is 7.77. The van der Waals surface area contributed by atoms with E-state index < -0.39 is 5.41 Å². The molecule has 3 aliphatic heterocycles. The van der Waals surface area contributed by atoms with Crippen LogP contribution in [0.2, 0.25) is 0 Å². The number of nitrogens with zero attached hydrogens (tertiary/aromatic N) is 2. The highest BCUT2D eigenvalue weighted by atomic mass is 79.9. The summed E-state index contributed by atoms with van der Waals surface area (Å²) < 4.78 is 12.2. The number of anilines is 1. The zero-order chi connectivity index (χ0) is 22.7. The molecule has 4 heterocycles. The third-order valence-electron chi connectivity index (χ3n) is 8.13. The summed E-state index contributed by atoms with van der Waals surface area (Å²) in [6, 6.07) is 10.5. The van der Waals surface area contributed by atoms with Gasteiger partial charge in [0.15, 0.2) is 12.6 Å². The molecular formula is C26H34BrN3O4. The molecule has 184 valence electrons. The molecule has 1 aromatic heterocycles. The van der Waals surface area contributed by atoms with Crippen LogP contribution in [0.25, 0.3) is 0 Å². The minimum atomic E-state index is -0.545. The molecule has 1 unspecified atom stereocenters. The van der Waals surface area contributed by atoms with Crippen molar-refractivity contribution in [2.24, 2.45) is 5.92 Å². The van der Waals surface area contributed by atoms with Crippen LogP contribution in [-0.4, -0.2) is 53.6 Å². The van der Waals surface area contributed by atoms with Crippen molar-refractivity contribution in [1.29, 1.82) is 0 Å². The molecule has 0 spiro atoms. The van der Waals surface area contributed by atoms with Crippen molar-refractivity contribution in [1.82, 2.24) is 4.98 Å². The Balaban J connectivity index is 0.00000274. The minimum Gasteiger partial charge on any atom is -1.00 e. The van der Waals surface area contributed by atoms with E-state index in [2.05, 4.69) is 22.4 Å². The number of oxazole rings is 1. The minimum absolute atomic E-state index is 0. The molecule has 3 saturated heterocycles. The first-order valence-corrected chi connectivity index (χ1v) is 12.4. The van der Waals surface area contributed by atoms with Gasteiger partial charge in [-0.1, -0.05) is 56.0 Å². The van der Waals surface area contributed by atoms with Crippen molar-refractivity contribution in [2.45, 2.75) is 62.9 Å². The summed E-state index contributed by atoms with van der Waals surface area (Å²) in [5.74, 6) is 0.228. The van der Waals surface area contributed by atoms with Gasteiger partial charge in [-0.3, -0.25) is 14.9 Å². The van der Waals surface area contributed by atoms with Crippen LogP contribution in [0, 0.1) is 5.92 Å². The average molecular weight is 532 g/mol. The molecule has 1 amide bonds. The molecule has 7 nitrogen and oxygen atoms in total. The van der Waals surface area contributed by atoms with Gasteiger partial charge in [-0.25, -0.2) is 4.98 Å². The number of hydrogen-bond donors (Lipinski definition) is 1. The number of nitrogens with one attached hydrogen (secondary N) is 1. The number of carbonyl (C=O) groups is 2. The molecule has 6 rings (SSSR count). The van der Waals surface area contributed by atoms with Gasteiger partial charge in [0.05, 0.1) is 24.7 Å². The first-order valence-electron chi connectivity index (χ1n) is 12.4. The third-order valence-corrected chi connectivity index (χ3v) is 8.13. The molecule has 1 aliphatic carbocycles. The maximum Gasteiger partial charge on any atom is 0.317 e. The molecule has 2 aromatic rings. The highest BCUT2D eigenvalue weighted by Gasteiger charge is 2.51. The molecule has 1 saturated carbocycles. The number of amides is 1. The van der Waals surface area contributed by atoms with Gasteiger partial charge >= 0.3 is 12.0 Å². The number of benzene rings is 1. The highest BCUT2D eigenvalue weighted by Crippen LogP contribution is 2.42. The van der Waals surface area contributed by atoms with Crippen molar-refractivity contribution in [2.75, 3.05) is 31.5 Å². The zero-order valence-electron chi connectivity index (χ0n) is 19.6. The van der Waals surface area contributed by atoms with Crippen LogP contribution in [0.5, 0.6) is 0 Å². The number of hydrogen-bond acceptors (Lipinski definition) is 5. The standard InChI is InChI=1S/C26H33N3O4.BrH/c30-23(28-25-27-14-17-32-25)19-29-15-10-20(11-16-29)22(18-29)33-24(31)26(12-6-1-2-7-13-26)21-8-4-3-5-9-21;/h3-5,8-9,14,17,20,22H,1-2,6-7,10-13,15-16,18-19H2;1H. The summed E-state index contributed by atoms with van der Waals surface area (Å²) in [5, 5.41) is 2.75. The number of piperidine rings is 3. The van der Waals surface area contributed by atoms with E-state index in [-0.39, 0.29) is 41.0 Å². The van der Waals surface area contributed by atoms with E-state index in [9.17, 15) is 9.59 Å².